The number of halogens is 1. The molecule has 0 nitrogen and oxygen atoms in total. The molecule has 1 rings (SSSR count). The van der Waals surface area contributed by atoms with Gasteiger partial charge in [0.1, 0.15) is 0 Å². The van der Waals surface area contributed by atoms with Gasteiger partial charge in [-0.25, -0.2) is 0 Å². The van der Waals surface area contributed by atoms with E-state index in [1.54, 1.807) is 0 Å². The molecule has 0 aromatic heterocycles. The van der Waals surface area contributed by atoms with Gasteiger partial charge in [-0.2, -0.15) is 0 Å². The SMILES string of the molecule is Cl.[Zr]=[CH]c1ccccc1. The predicted octanol–water partition coefficient (Wildman–Crippen LogP) is 1.81. The number of rotatable bonds is 1. The Balaban J connectivity index is 0.000000640. The monoisotopic (exact) mass is 216 g/mol. The van der Waals surface area contributed by atoms with Crippen molar-refractivity contribution in [3.05, 3.63) is 35.9 Å². The van der Waals surface area contributed by atoms with E-state index in [0.717, 1.165) is 0 Å². The van der Waals surface area contributed by atoms with Gasteiger partial charge >= 0.3 is 63.8 Å². The van der Waals surface area contributed by atoms with E-state index < -0.39 is 0 Å². The summed E-state index contributed by atoms with van der Waals surface area (Å²) in [6, 6.07) is 10.3. The molecule has 0 fully saturated rings. The van der Waals surface area contributed by atoms with Crippen LogP contribution in [0.1, 0.15) is 5.56 Å². The van der Waals surface area contributed by atoms with Crippen LogP contribution in [0.2, 0.25) is 0 Å². The first-order valence-electron chi connectivity index (χ1n) is 2.49. The van der Waals surface area contributed by atoms with Gasteiger partial charge < -0.3 is 0 Å². The average Bonchev–Trinajstić information content (AvgIpc) is 1.90. The number of hydrogen-bond donors (Lipinski definition) is 0. The first-order chi connectivity index (χ1) is 3.93. The minimum absolute atomic E-state index is 0. The summed E-state index contributed by atoms with van der Waals surface area (Å²) < 4.78 is 2.17. The summed E-state index contributed by atoms with van der Waals surface area (Å²) in [6.07, 6.45) is 0. The van der Waals surface area contributed by atoms with Crippen molar-refractivity contribution in [2.75, 3.05) is 0 Å². The molecule has 46 valence electrons. The minimum atomic E-state index is 0. The van der Waals surface area contributed by atoms with Crippen molar-refractivity contribution in [3.63, 3.8) is 0 Å². The number of hydrogen-bond acceptors (Lipinski definition) is 0. The van der Waals surface area contributed by atoms with E-state index in [1.807, 2.05) is 6.07 Å². The predicted molar refractivity (Wildman–Crippen MR) is 38.9 cm³/mol. The molecule has 1 aromatic rings. The summed E-state index contributed by atoms with van der Waals surface area (Å²) >= 11 is 1.46. The molecular formula is C7H7ClZr. The average molecular weight is 218 g/mol. The van der Waals surface area contributed by atoms with Gasteiger partial charge in [0.25, 0.3) is 0 Å². The molecule has 0 spiro atoms. The quantitative estimate of drug-likeness (QED) is 0.673. The summed E-state index contributed by atoms with van der Waals surface area (Å²) in [6.45, 7) is 0. The van der Waals surface area contributed by atoms with Crippen molar-refractivity contribution in [2.45, 2.75) is 0 Å². The van der Waals surface area contributed by atoms with E-state index >= 15 is 0 Å². The Morgan fingerprint density at radius 2 is 1.67 bits per heavy atom. The van der Waals surface area contributed by atoms with Crippen LogP contribution in [-0.2, 0) is 24.2 Å². The second-order valence-corrected chi connectivity index (χ2v) is 2.26. The maximum atomic E-state index is 2.17. The van der Waals surface area contributed by atoms with Crippen LogP contribution in [0.4, 0.5) is 0 Å². The first-order valence-corrected chi connectivity index (χ1v) is 3.91. The third-order valence-electron chi connectivity index (χ3n) is 0.966. The van der Waals surface area contributed by atoms with Gasteiger partial charge in [-0.3, -0.25) is 0 Å². The zero-order valence-electron chi connectivity index (χ0n) is 4.87. The van der Waals surface area contributed by atoms with Crippen molar-refractivity contribution in [1.29, 1.82) is 0 Å². The zero-order valence-corrected chi connectivity index (χ0v) is 8.15. The van der Waals surface area contributed by atoms with E-state index in [-0.39, 0.29) is 12.4 Å². The van der Waals surface area contributed by atoms with Crippen molar-refractivity contribution in [2.24, 2.45) is 0 Å². The second kappa shape index (κ2) is 5.08. The maximum absolute atomic E-state index is 2.17. The van der Waals surface area contributed by atoms with Crippen LogP contribution in [0.5, 0.6) is 0 Å². The van der Waals surface area contributed by atoms with Gasteiger partial charge in [0, 0.05) is 0 Å². The molecule has 0 atom stereocenters. The van der Waals surface area contributed by atoms with Crippen LogP contribution < -0.4 is 0 Å². The molecule has 0 saturated carbocycles. The summed E-state index contributed by atoms with van der Waals surface area (Å²) in [7, 11) is 0. The first kappa shape index (κ1) is 9.26. The van der Waals surface area contributed by atoms with E-state index in [2.05, 4.69) is 28.0 Å². The van der Waals surface area contributed by atoms with Crippen LogP contribution in [-0.4, -0.2) is 3.71 Å². The third-order valence-corrected chi connectivity index (χ3v) is 1.79. The Morgan fingerprint density at radius 1 is 1.11 bits per heavy atom. The molecule has 0 aliphatic rings. The molecule has 0 aliphatic carbocycles. The molecule has 0 unspecified atom stereocenters. The molecule has 0 saturated heterocycles. The molecular weight excluding hydrogens is 211 g/mol. The van der Waals surface area contributed by atoms with Crippen molar-refractivity contribution >= 4 is 16.1 Å². The molecule has 1 aromatic carbocycles. The van der Waals surface area contributed by atoms with Crippen LogP contribution >= 0.6 is 12.4 Å². The molecule has 0 heterocycles. The van der Waals surface area contributed by atoms with Gasteiger partial charge in [-0.1, -0.05) is 0 Å². The Morgan fingerprint density at radius 3 is 2.00 bits per heavy atom. The molecule has 0 amide bonds. The molecule has 0 bridgehead atoms. The Labute approximate surface area is 76.0 Å². The van der Waals surface area contributed by atoms with Gasteiger partial charge in [-0.15, -0.1) is 12.4 Å². The standard InChI is InChI=1S/C7H6.ClH.Zr/c1-7-5-3-2-4-6-7;;/h1-6H;1H;. The normalized spacial score (nSPS) is 7.44. The van der Waals surface area contributed by atoms with Crippen molar-refractivity contribution in [3.8, 4) is 0 Å². The topological polar surface area (TPSA) is 0 Å². The summed E-state index contributed by atoms with van der Waals surface area (Å²) in [5, 5.41) is 0. The van der Waals surface area contributed by atoms with Crippen LogP contribution in [0, 0.1) is 0 Å². The van der Waals surface area contributed by atoms with E-state index in [0.29, 0.717) is 0 Å². The fourth-order valence-electron chi connectivity index (χ4n) is 0.549. The fourth-order valence-corrected chi connectivity index (χ4v) is 1.02. The fraction of sp³-hybridized carbons (Fsp3) is 0. The molecule has 9 heavy (non-hydrogen) atoms. The van der Waals surface area contributed by atoms with E-state index in [9.17, 15) is 0 Å². The molecule has 0 radical (unpaired) electrons. The van der Waals surface area contributed by atoms with Crippen LogP contribution in [0.15, 0.2) is 30.3 Å². The third kappa shape index (κ3) is 3.08. The van der Waals surface area contributed by atoms with Crippen molar-refractivity contribution < 1.29 is 24.2 Å². The van der Waals surface area contributed by atoms with Gasteiger partial charge in [0.2, 0.25) is 0 Å². The molecule has 2 heteroatoms. The Hall–Kier alpha value is 0.263. The number of benzene rings is 1. The second-order valence-electron chi connectivity index (χ2n) is 1.56. The van der Waals surface area contributed by atoms with E-state index in [4.69, 9.17) is 0 Å². The van der Waals surface area contributed by atoms with Crippen LogP contribution in [0.25, 0.3) is 0 Å². The Kier molecular flexibility index (Phi) is 5.23. The molecule has 0 aliphatic heterocycles. The summed E-state index contributed by atoms with van der Waals surface area (Å²) in [4.78, 5) is 0. The Bertz CT molecular complexity index is 172. The molecule has 0 N–H and O–H groups in total. The van der Waals surface area contributed by atoms with Gasteiger partial charge in [0.15, 0.2) is 0 Å². The zero-order chi connectivity index (χ0) is 5.82. The van der Waals surface area contributed by atoms with Crippen molar-refractivity contribution in [1.82, 2.24) is 0 Å². The summed E-state index contributed by atoms with van der Waals surface area (Å²) in [5.41, 5.74) is 1.32. The summed E-state index contributed by atoms with van der Waals surface area (Å²) in [5.74, 6) is 0. The van der Waals surface area contributed by atoms with Gasteiger partial charge in [0.05, 0.1) is 0 Å². The van der Waals surface area contributed by atoms with E-state index in [1.165, 1.54) is 29.8 Å². The van der Waals surface area contributed by atoms with Gasteiger partial charge in [-0.05, 0) is 0 Å². The van der Waals surface area contributed by atoms with Crippen LogP contribution in [0.3, 0.4) is 0 Å².